The Bertz CT molecular complexity index is 1040. The van der Waals surface area contributed by atoms with Gasteiger partial charge in [-0.2, -0.15) is 0 Å². The zero-order chi connectivity index (χ0) is 18.0. The molecule has 1 N–H and O–H groups in total. The second kappa shape index (κ2) is 6.93. The molecule has 25 heavy (non-hydrogen) atoms. The molecule has 0 atom stereocenters. The Hall–Kier alpha value is -2.25. The molecular weight excluding hydrogens is 362 g/mol. The molecule has 2 heterocycles. The van der Waals surface area contributed by atoms with Crippen LogP contribution in [0.3, 0.4) is 0 Å². The lowest BCUT2D eigenvalue weighted by Crippen LogP contribution is -2.06. The Morgan fingerprint density at radius 1 is 1.28 bits per heavy atom. The molecule has 0 bridgehead atoms. The average molecular weight is 378 g/mol. The fraction of sp³-hybridized carbons (Fsp3) is 0.235. The fourth-order valence-electron chi connectivity index (χ4n) is 2.53. The summed E-state index contributed by atoms with van der Waals surface area (Å²) in [7, 11) is -3.08. The first-order valence-corrected chi connectivity index (χ1v) is 10.1. The lowest BCUT2D eigenvalue weighted by molar-refractivity contribution is 0.0983. The lowest BCUT2D eigenvalue weighted by Gasteiger charge is -2.04. The summed E-state index contributed by atoms with van der Waals surface area (Å²) in [6.07, 6.45) is 4.73. The van der Waals surface area contributed by atoms with Gasteiger partial charge in [0.15, 0.2) is 11.4 Å². The first-order valence-electron chi connectivity index (χ1n) is 7.65. The average Bonchev–Trinajstić information content (AvgIpc) is 2.97. The maximum Gasteiger partial charge on any atom is 0.166 e. The maximum atomic E-state index is 12.4. The van der Waals surface area contributed by atoms with Gasteiger partial charge < -0.3 is 4.98 Å². The highest BCUT2D eigenvalue weighted by atomic mass is 35.5. The van der Waals surface area contributed by atoms with Crippen molar-refractivity contribution in [2.45, 2.75) is 12.8 Å². The number of fused-ring (bicyclic) bond motifs is 1. The number of carbonyl (C=O) groups excluding carboxylic acids is 1. The molecule has 0 aliphatic carbocycles. The summed E-state index contributed by atoms with van der Waals surface area (Å²) in [6.45, 7) is 0. The largest absolute Gasteiger partial charge is 0.344 e. The highest BCUT2D eigenvalue weighted by molar-refractivity contribution is 7.90. The van der Waals surface area contributed by atoms with Gasteiger partial charge in [0.2, 0.25) is 0 Å². The van der Waals surface area contributed by atoms with Crippen LogP contribution in [0, 0.1) is 0 Å². The number of hydrogen-bond donors (Lipinski definition) is 1. The van der Waals surface area contributed by atoms with Crippen LogP contribution in [0.15, 0.2) is 36.7 Å². The van der Waals surface area contributed by atoms with E-state index >= 15 is 0 Å². The van der Waals surface area contributed by atoms with Crippen molar-refractivity contribution in [1.82, 2.24) is 15.0 Å². The van der Waals surface area contributed by atoms with Crippen molar-refractivity contribution in [3.8, 4) is 11.3 Å². The molecule has 3 rings (SSSR count). The van der Waals surface area contributed by atoms with Crippen molar-refractivity contribution < 1.29 is 13.2 Å². The molecular formula is C17H16ClN3O3S. The predicted molar refractivity (Wildman–Crippen MR) is 97.6 cm³/mol. The zero-order valence-electron chi connectivity index (χ0n) is 13.5. The number of aromatic amines is 1. The van der Waals surface area contributed by atoms with Gasteiger partial charge in [-0.05, 0) is 12.5 Å². The molecule has 2 aromatic heterocycles. The van der Waals surface area contributed by atoms with Gasteiger partial charge in [0.05, 0.1) is 28.2 Å². The molecule has 8 heteroatoms. The molecule has 0 saturated heterocycles. The minimum absolute atomic E-state index is 0.0162. The van der Waals surface area contributed by atoms with E-state index in [1.807, 2.05) is 18.2 Å². The van der Waals surface area contributed by atoms with Crippen LogP contribution in [-0.4, -0.2) is 41.2 Å². The Labute approximate surface area is 150 Å². The summed E-state index contributed by atoms with van der Waals surface area (Å²) in [6, 6.07) is 7.27. The number of ketones is 1. The molecule has 6 nitrogen and oxygen atoms in total. The Morgan fingerprint density at radius 3 is 2.76 bits per heavy atom. The fourth-order valence-corrected chi connectivity index (χ4v) is 3.43. The minimum atomic E-state index is -3.08. The van der Waals surface area contributed by atoms with Crippen LogP contribution in [0.25, 0.3) is 22.4 Å². The van der Waals surface area contributed by atoms with Crippen molar-refractivity contribution in [2.75, 3.05) is 12.0 Å². The summed E-state index contributed by atoms with van der Waals surface area (Å²) < 4.78 is 22.4. The number of halogens is 1. The number of H-pyrrole nitrogens is 1. The number of sulfone groups is 1. The molecule has 0 aliphatic heterocycles. The van der Waals surface area contributed by atoms with Crippen molar-refractivity contribution in [1.29, 1.82) is 0 Å². The quantitative estimate of drug-likeness (QED) is 0.665. The van der Waals surface area contributed by atoms with E-state index in [-0.39, 0.29) is 24.4 Å². The van der Waals surface area contributed by atoms with Gasteiger partial charge in [0.25, 0.3) is 0 Å². The van der Waals surface area contributed by atoms with Crippen LogP contribution in [0.1, 0.15) is 23.2 Å². The SMILES string of the molecule is CS(=O)(=O)CCCC(=O)c1c[nH]c2ncc(-c3ccccc3Cl)nc12. The van der Waals surface area contributed by atoms with Crippen LogP contribution in [-0.2, 0) is 9.84 Å². The summed E-state index contributed by atoms with van der Waals surface area (Å²) in [5.74, 6) is -0.182. The van der Waals surface area contributed by atoms with Gasteiger partial charge in [-0.15, -0.1) is 0 Å². The zero-order valence-corrected chi connectivity index (χ0v) is 15.1. The van der Waals surface area contributed by atoms with Crippen molar-refractivity contribution >= 4 is 38.4 Å². The molecule has 0 unspecified atom stereocenters. The number of nitrogens with one attached hydrogen (secondary N) is 1. The second-order valence-corrected chi connectivity index (χ2v) is 8.46. The number of aromatic nitrogens is 3. The number of Topliss-reactive ketones (excluding diaryl/α,β-unsaturated/α-hetero) is 1. The first-order chi connectivity index (χ1) is 11.8. The van der Waals surface area contributed by atoms with E-state index in [1.165, 1.54) is 0 Å². The van der Waals surface area contributed by atoms with Gasteiger partial charge >= 0.3 is 0 Å². The molecule has 0 radical (unpaired) electrons. The molecule has 0 saturated carbocycles. The monoisotopic (exact) mass is 377 g/mol. The Morgan fingerprint density at radius 2 is 2.04 bits per heavy atom. The van der Waals surface area contributed by atoms with Crippen LogP contribution in [0.5, 0.6) is 0 Å². The summed E-state index contributed by atoms with van der Waals surface area (Å²) in [5, 5.41) is 0.549. The molecule has 0 aliphatic rings. The highest BCUT2D eigenvalue weighted by Crippen LogP contribution is 2.27. The van der Waals surface area contributed by atoms with Crippen molar-refractivity contribution in [2.24, 2.45) is 0 Å². The van der Waals surface area contributed by atoms with E-state index < -0.39 is 9.84 Å². The van der Waals surface area contributed by atoms with E-state index in [2.05, 4.69) is 15.0 Å². The van der Waals surface area contributed by atoms with E-state index in [0.29, 0.717) is 27.4 Å². The summed E-state index contributed by atoms with van der Waals surface area (Å²) in [4.78, 5) is 24.2. The van der Waals surface area contributed by atoms with Crippen LogP contribution < -0.4 is 0 Å². The third-order valence-corrected chi connectivity index (χ3v) is 5.11. The normalized spacial score (nSPS) is 11.8. The van der Waals surface area contributed by atoms with Gasteiger partial charge in [-0.25, -0.2) is 18.4 Å². The van der Waals surface area contributed by atoms with Gasteiger partial charge in [-0.1, -0.05) is 29.8 Å². The minimum Gasteiger partial charge on any atom is -0.344 e. The summed E-state index contributed by atoms with van der Waals surface area (Å²) in [5.41, 5.74) is 2.67. The maximum absolute atomic E-state index is 12.4. The number of hydrogen-bond acceptors (Lipinski definition) is 5. The number of nitrogens with zero attached hydrogens (tertiary/aromatic N) is 2. The summed E-state index contributed by atoms with van der Waals surface area (Å²) >= 11 is 6.20. The number of benzene rings is 1. The van der Waals surface area contributed by atoms with E-state index in [0.717, 1.165) is 11.8 Å². The van der Waals surface area contributed by atoms with E-state index in [9.17, 15) is 13.2 Å². The first kappa shape index (κ1) is 17.6. The van der Waals surface area contributed by atoms with E-state index in [4.69, 9.17) is 11.6 Å². The Balaban J connectivity index is 1.91. The third-order valence-electron chi connectivity index (χ3n) is 3.75. The van der Waals surface area contributed by atoms with Gasteiger partial charge in [0.1, 0.15) is 15.4 Å². The molecule has 3 aromatic rings. The predicted octanol–water partition coefficient (Wildman–Crippen LogP) is 3.29. The molecule has 0 amide bonds. The third kappa shape index (κ3) is 4.05. The van der Waals surface area contributed by atoms with Gasteiger partial charge in [-0.3, -0.25) is 4.79 Å². The molecule has 1 aromatic carbocycles. The Kier molecular flexibility index (Phi) is 4.87. The van der Waals surface area contributed by atoms with Crippen LogP contribution in [0.2, 0.25) is 5.02 Å². The van der Waals surface area contributed by atoms with E-state index in [1.54, 1.807) is 18.5 Å². The smallest absolute Gasteiger partial charge is 0.166 e. The van der Waals surface area contributed by atoms with Crippen LogP contribution in [0.4, 0.5) is 0 Å². The van der Waals surface area contributed by atoms with Crippen LogP contribution >= 0.6 is 11.6 Å². The molecule has 130 valence electrons. The topological polar surface area (TPSA) is 92.8 Å². The number of rotatable bonds is 6. The standard InChI is InChI=1S/C17H16ClN3O3S/c1-25(23,24)8-4-7-15(22)12-9-19-17-16(12)21-14(10-20-17)11-5-2-3-6-13(11)18/h2-3,5-6,9-10H,4,7-8H2,1H3,(H,19,20). The molecule has 0 spiro atoms. The lowest BCUT2D eigenvalue weighted by atomic mass is 10.1. The van der Waals surface area contributed by atoms with Crippen molar-refractivity contribution in [3.05, 3.63) is 47.2 Å². The highest BCUT2D eigenvalue weighted by Gasteiger charge is 2.16. The number of carbonyl (C=O) groups is 1. The second-order valence-electron chi connectivity index (χ2n) is 5.79. The van der Waals surface area contributed by atoms with Gasteiger partial charge in [0, 0.05) is 24.4 Å². The van der Waals surface area contributed by atoms with Crippen molar-refractivity contribution in [3.63, 3.8) is 0 Å². The molecule has 0 fully saturated rings.